The molecule has 4 heteroatoms. The van der Waals surface area contributed by atoms with Gasteiger partial charge in [0.05, 0.1) is 5.75 Å². The molecule has 0 spiro atoms. The normalized spacial score (nSPS) is 9.67. The van der Waals surface area contributed by atoms with Gasteiger partial charge in [-0.05, 0) is 0 Å². The van der Waals surface area contributed by atoms with E-state index in [1.165, 1.54) is 0 Å². The Labute approximate surface area is 38.1 Å². The van der Waals surface area contributed by atoms with E-state index in [1.807, 2.05) is 0 Å². The van der Waals surface area contributed by atoms with E-state index in [0.717, 1.165) is 0 Å². The molecule has 0 aromatic heterocycles. The minimum Gasteiger partial charge on any atom is -0.329 e. The maximum Gasteiger partial charge on any atom is 0.141 e. The van der Waals surface area contributed by atoms with E-state index >= 15 is 0 Å². The SMILES string of the molecule is NCC[SH](=O)=O. The second kappa shape index (κ2) is 3.11. The number of hydrogen-bond acceptors (Lipinski definition) is 3. The molecule has 0 rings (SSSR count). The molecule has 0 aliphatic carbocycles. The van der Waals surface area contributed by atoms with Gasteiger partial charge in [-0.25, -0.2) is 8.42 Å². The molecule has 6 heavy (non-hydrogen) atoms. The van der Waals surface area contributed by atoms with Crippen LogP contribution in [0.4, 0.5) is 0 Å². The van der Waals surface area contributed by atoms with Crippen LogP contribution in [0.2, 0.25) is 0 Å². The smallest absolute Gasteiger partial charge is 0.141 e. The van der Waals surface area contributed by atoms with Crippen molar-refractivity contribution < 1.29 is 8.42 Å². The molecule has 0 aromatic carbocycles. The average molecular weight is 109 g/mol. The van der Waals surface area contributed by atoms with Crippen molar-refractivity contribution in [3.05, 3.63) is 0 Å². The number of hydrogen-bond donors (Lipinski definition) is 2. The van der Waals surface area contributed by atoms with Crippen molar-refractivity contribution in [3.63, 3.8) is 0 Å². The minimum absolute atomic E-state index is 0.106. The fraction of sp³-hybridized carbons (Fsp3) is 1.00. The zero-order valence-corrected chi connectivity index (χ0v) is 4.15. The van der Waals surface area contributed by atoms with Crippen molar-refractivity contribution in [3.8, 4) is 0 Å². The van der Waals surface area contributed by atoms with E-state index in [-0.39, 0.29) is 12.3 Å². The standard InChI is InChI=1S/C2H7NO2S/c3-1-2-6(4)5/h6H,1-3H2. The Morgan fingerprint density at radius 3 is 2.00 bits per heavy atom. The molecular formula is C2H7NO2S. The van der Waals surface area contributed by atoms with Crippen LogP contribution in [-0.4, -0.2) is 20.7 Å². The fourth-order valence-corrected chi connectivity index (χ4v) is 0.316. The second-order valence-corrected chi connectivity index (χ2v) is 1.96. The first-order chi connectivity index (χ1) is 2.77. The van der Waals surface area contributed by atoms with Crippen molar-refractivity contribution in [2.75, 3.05) is 12.3 Å². The highest BCUT2D eigenvalue weighted by Gasteiger charge is 1.75. The van der Waals surface area contributed by atoms with Crippen LogP contribution >= 0.6 is 0 Å². The van der Waals surface area contributed by atoms with E-state index in [0.29, 0.717) is 0 Å². The van der Waals surface area contributed by atoms with Crippen molar-refractivity contribution in [1.82, 2.24) is 0 Å². The molecule has 0 amide bonds. The van der Waals surface area contributed by atoms with Crippen molar-refractivity contribution >= 4 is 10.7 Å². The summed E-state index contributed by atoms with van der Waals surface area (Å²) >= 11 is 0. The van der Waals surface area contributed by atoms with E-state index in [1.54, 1.807) is 0 Å². The Morgan fingerprint density at radius 1 is 1.50 bits per heavy atom. The Balaban J connectivity index is 3.07. The summed E-state index contributed by atoms with van der Waals surface area (Å²) in [5, 5.41) is 0. The number of thiol groups is 1. The van der Waals surface area contributed by atoms with Gasteiger partial charge in [0, 0.05) is 6.54 Å². The summed E-state index contributed by atoms with van der Waals surface area (Å²) in [4.78, 5) is 0. The summed E-state index contributed by atoms with van der Waals surface area (Å²) in [6, 6.07) is 0. The zero-order chi connectivity index (χ0) is 4.99. The largest absolute Gasteiger partial charge is 0.329 e. The molecule has 0 aliphatic rings. The number of nitrogens with two attached hydrogens (primary N) is 1. The lowest BCUT2D eigenvalue weighted by molar-refractivity contribution is 0.614. The highest BCUT2D eigenvalue weighted by molar-refractivity contribution is 7.72. The van der Waals surface area contributed by atoms with E-state index in [2.05, 4.69) is 0 Å². The van der Waals surface area contributed by atoms with Gasteiger partial charge < -0.3 is 5.73 Å². The molecular weight excluding hydrogens is 102 g/mol. The van der Waals surface area contributed by atoms with Gasteiger partial charge in [-0.2, -0.15) is 0 Å². The van der Waals surface area contributed by atoms with Gasteiger partial charge in [-0.1, -0.05) is 0 Å². The third-order valence-corrected chi connectivity index (χ3v) is 0.935. The Hall–Kier alpha value is -0.0900. The van der Waals surface area contributed by atoms with Crippen LogP contribution in [0.1, 0.15) is 0 Å². The van der Waals surface area contributed by atoms with Gasteiger partial charge in [0.2, 0.25) is 0 Å². The third-order valence-electron chi connectivity index (χ3n) is 0.312. The second-order valence-electron chi connectivity index (χ2n) is 0.845. The molecule has 0 bridgehead atoms. The Kier molecular flexibility index (Phi) is 3.07. The molecule has 3 nitrogen and oxygen atoms in total. The molecule has 0 aromatic rings. The first-order valence-corrected chi connectivity index (χ1v) is 2.95. The predicted molar refractivity (Wildman–Crippen MR) is 24.2 cm³/mol. The highest BCUT2D eigenvalue weighted by atomic mass is 32.2. The van der Waals surface area contributed by atoms with Crippen LogP contribution in [0.5, 0.6) is 0 Å². The maximum atomic E-state index is 9.56. The molecule has 0 saturated carbocycles. The lowest BCUT2D eigenvalue weighted by Gasteiger charge is -1.73. The molecule has 0 fully saturated rings. The number of rotatable bonds is 2. The van der Waals surface area contributed by atoms with Gasteiger partial charge in [-0.3, -0.25) is 0 Å². The Bertz CT molecular complexity index is 79.5. The predicted octanol–water partition coefficient (Wildman–Crippen LogP) is -1.44. The minimum atomic E-state index is -2.23. The van der Waals surface area contributed by atoms with Gasteiger partial charge in [0.15, 0.2) is 0 Å². The van der Waals surface area contributed by atoms with Gasteiger partial charge >= 0.3 is 0 Å². The van der Waals surface area contributed by atoms with Crippen LogP contribution in [-0.2, 0) is 10.7 Å². The summed E-state index contributed by atoms with van der Waals surface area (Å²) in [7, 11) is -2.23. The maximum absolute atomic E-state index is 9.56. The van der Waals surface area contributed by atoms with Crippen LogP contribution in [0, 0.1) is 0 Å². The topological polar surface area (TPSA) is 60.2 Å². The van der Waals surface area contributed by atoms with E-state index in [4.69, 9.17) is 5.73 Å². The van der Waals surface area contributed by atoms with Crippen molar-refractivity contribution in [1.29, 1.82) is 0 Å². The zero-order valence-electron chi connectivity index (χ0n) is 3.26. The monoisotopic (exact) mass is 109 g/mol. The summed E-state index contributed by atoms with van der Waals surface area (Å²) in [6.45, 7) is 0.235. The Morgan fingerprint density at radius 2 is 2.00 bits per heavy atom. The summed E-state index contributed by atoms with van der Waals surface area (Å²) < 4.78 is 19.1. The first kappa shape index (κ1) is 5.91. The van der Waals surface area contributed by atoms with E-state index < -0.39 is 10.7 Å². The third kappa shape index (κ3) is 3.91. The van der Waals surface area contributed by atoms with Gasteiger partial charge in [0.25, 0.3) is 0 Å². The molecule has 2 N–H and O–H groups in total. The quantitative estimate of drug-likeness (QED) is 0.427. The molecule has 0 radical (unpaired) electrons. The van der Waals surface area contributed by atoms with Crippen LogP contribution in [0.25, 0.3) is 0 Å². The molecule has 0 atom stereocenters. The molecule has 0 heterocycles. The summed E-state index contributed by atoms with van der Waals surface area (Å²) in [5.74, 6) is 0.106. The first-order valence-electron chi connectivity index (χ1n) is 1.59. The van der Waals surface area contributed by atoms with Crippen LogP contribution in [0.3, 0.4) is 0 Å². The molecule has 38 valence electrons. The molecule has 0 aliphatic heterocycles. The summed E-state index contributed by atoms with van der Waals surface area (Å²) in [6.07, 6.45) is 0. The van der Waals surface area contributed by atoms with Gasteiger partial charge in [-0.15, -0.1) is 0 Å². The summed E-state index contributed by atoms with van der Waals surface area (Å²) in [5.41, 5.74) is 4.85. The van der Waals surface area contributed by atoms with Crippen LogP contribution in [0.15, 0.2) is 0 Å². The van der Waals surface area contributed by atoms with Crippen molar-refractivity contribution in [2.24, 2.45) is 5.73 Å². The lowest BCUT2D eigenvalue weighted by Crippen LogP contribution is -2.04. The van der Waals surface area contributed by atoms with Crippen molar-refractivity contribution in [2.45, 2.75) is 0 Å². The highest BCUT2D eigenvalue weighted by Crippen LogP contribution is 1.54. The fourth-order valence-electron chi connectivity index (χ4n) is 0.105. The van der Waals surface area contributed by atoms with Crippen LogP contribution < -0.4 is 5.73 Å². The van der Waals surface area contributed by atoms with Gasteiger partial charge in [0.1, 0.15) is 10.7 Å². The average Bonchev–Trinajstić information content (AvgIpc) is 1.35. The molecule has 0 unspecified atom stereocenters. The lowest BCUT2D eigenvalue weighted by atomic mass is 10.8. The van der Waals surface area contributed by atoms with E-state index in [9.17, 15) is 8.42 Å². The molecule has 0 saturated heterocycles.